The van der Waals surface area contributed by atoms with E-state index in [-0.39, 0.29) is 5.91 Å². The third-order valence-corrected chi connectivity index (χ3v) is 5.88. The van der Waals surface area contributed by atoms with Crippen LogP contribution in [0, 0.1) is 0 Å². The minimum absolute atomic E-state index is 0.0198. The van der Waals surface area contributed by atoms with Crippen LogP contribution < -0.4 is 0 Å². The summed E-state index contributed by atoms with van der Waals surface area (Å²) in [5.74, 6) is 1.02. The number of aromatic nitrogens is 3. The maximum Gasteiger partial charge on any atom is 0.272 e. The second kappa shape index (κ2) is 8.70. The van der Waals surface area contributed by atoms with E-state index in [0.717, 1.165) is 61.6 Å². The summed E-state index contributed by atoms with van der Waals surface area (Å²) < 4.78 is 2.20. The van der Waals surface area contributed by atoms with Gasteiger partial charge in [-0.2, -0.15) is 0 Å². The van der Waals surface area contributed by atoms with Crippen LogP contribution in [0.15, 0.2) is 79.1 Å². The Morgan fingerprint density at radius 1 is 0.839 bits per heavy atom. The highest BCUT2D eigenvalue weighted by Crippen LogP contribution is 2.17. The lowest BCUT2D eigenvalue weighted by Crippen LogP contribution is -2.49. The largest absolute Gasteiger partial charge is 0.335 e. The van der Waals surface area contributed by atoms with Gasteiger partial charge in [0.05, 0.1) is 5.52 Å². The van der Waals surface area contributed by atoms with E-state index in [1.807, 2.05) is 71.9 Å². The Hall–Kier alpha value is -3.51. The quantitative estimate of drug-likeness (QED) is 0.504. The van der Waals surface area contributed by atoms with Crippen molar-refractivity contribution in [3.8, 4) is 11.4 Å². The molecule has 1 amide bonds. The fourth-order valence-electron chi connectivity index (χ4n) is 4.11. The van der Waals surface area contributed by atoms with Gasteiger partial charge in [0.2, 0.25) is 0 Å². The molecule has 1 aliphatic rings. The first-order valence-electron chi connectivity index (χ1n) is 10.7. The first kappa shape index (κ1) is 19.5. The molecule has 3 heterocycles. The molecule has 6 heteroatoms. The van der Waals surface area contributed by atoms with Crippen LogP contribution in [0.5, 0.6) is 0 Å². The SMILES string of the molecule is O=C(c1ccc2ccccc2n1)N1CCN(CCn2ccnc2-c2ccccc2)CC1. The van der Waals surface area contributed by atoms with Gasteiger partial charge in [-0.3, -0.25) is 9.69 Å². The molecule has 2 aromatic carbocycles. The van der Waals surface area contributed by atoms with E-state index in [1.54, 1.807) is 0 Å². The van der Waals surface area contributed by atoms with Crippen molar-refractivity contribution < 1.29 is 4.79 Å². The van der Waals surface area contributed by atoms with E-state index in [0.29, 0.717) is 5.69 Å². The fourth-order valence-corrected chi connectivity index (χ4v) is 4.11. The Morgan fingerprint density at radius 3 is 2.45 bits per heavy atom. The smallest absolute Gasteiger partial charge is 0.272 e. The monoisotopic (exact) mass is 411 g/mol. The van der Waals surface area contributed by atoms with Crippen LogP contribution in [0.1, 0.15) is 10.5 Å². The van der Waals surface area contributed by atoms with Gasteiger partial charge in [-0.05, 0) is 12.1 Å². The van der Waals surface area contributed by atoms with Crippen molar-refractivity contribution in [2.45, 2.75) is 6.54 Å². The first-order valence-corrected chi connectivity index (χ1v) is 10.7. The lowest BCUT2D eigenvalue weighted by Gasteiger charge is -2.34. The van der Waals surface area contributed by atoms with Gasteiger partial charge in [0.15, 0.2) is 0 Å². The van der Waals surface area contributed by atoms with Gasteiger partial charge in [-0.25, -0.2) is 9.97 Å². The van der Waals surface area contributed by atoms with Crippen LogP contribution in [-0.4, -0.2) is 63.0 Å². The van der Waals surface area contributed by atoms with Crippen molar-refractivity contribution in [1.82, 2.24) is 24.3 Å². The van der Waals surface area contributed by atoms with E-state index in [9.17, 15) is 4.79 Å². The molecular formula is C25H25N5O. The molecule has 31 heavy (non-hydrogen) atoms. The number of fused-ring (bicyclic) bond motifs is 1. The molecule has 1 aliphatic heterocycles. The number of rotatable bonds is 5. The van der Waals surface area contributed by atoms with Crippen LogP contribution in [0.2, 0.25) is 0 Å². The predicted molar refractivity (Wildman–Crippen MR) is 122 cm³/mol. The van der Waals surface area contributed by atoms with Gasteiger partial charge in [-0.15, -0.1) is 0 Å². The van der Waals surface area contributed by atoms with Gasteiger partial charge >= 0.3 is 0 Å². The first-order chi connectivity index (χ1) is 15.3. The number of benzene rings is 2. The molecule has 0 unspecified atom stereocenters. The molecule has 1 fully saturated rings. The number of carbonyl (C=O) groups is 1. The molecule has 0 spiro atoms. The van der Waals surface area contributed by atoms with Crippen molar-refractivity contribution in [2.24, 2.45) is 0 Å². The van der Waals surface area contributed by atoms with Crippen LogP contribution in [0.3, 0.4) is 0 Å². The summed E-state index contributed by atoms with van der Waals surface area (Å²) in [6.07, 6.45) is 3.89. The standard InChI is InChI=1S/C25H25N5O/c31-25(23-11-10-20-6-4-5-9-22(20)27-23)30-18-15-28(16-19-30)14-17-29-13-12-26-24(29)21-7-2-1-3-8-21/h1-13H,14-19H2. The summed E-state index contributed by atoms with van der Waals surface area (Å²) >= 11 is 0. The van der Waals surface area contributed by atoms with Gasteiger partial charge < -0.3 is 9.47 Å². The maximum absolute atomic E-state index is 12.9. The number of hydrogen-bond donors (Lipinski definition) is 0. The highest BCUT2D eigenvalue weighted by molar-refractivity contribution is 5.95. The highest BCUT2D eigenvalue weighted by Gasteiger charge is 2.23. The fraction of sp³-hybridized carbons (Fsp3) is 0.240. The number of carbonyl (C=O) groups excluding carboxylic acids is 1. The zero-order chi connectivity index (χ0) is 21.0. The minimum atomic E-state index is 0.0198. The molecule has 5 rings (SSSR count). The molecule has 0 saturated carbocycles. The number of pyridine rings is 1. The molecule has 156 valence electrons. The molecule has 6 nitrogen and oxygen atoms in total. The topological polar surface area (TPSA) is 54.3 Å². The van der Waals surface area contributed by atoms with Gasteiger partial charge in [0.1, 0.15) is 11.5 Å². The Kier molecular flexibility index (Phi) is 5.46. The molecule has 0 bridgehead atoms. The molecule has 1 saturated heterocycles. The van der Waals surface area contributed by atoms with Crippen molar-refractivity contribution in [1.29, 1.82) is 0 Å². The minimum Gasteiger partial charge on any atom is -0.335 e. The van der Waals surface area contributed by atoms with Crippen LogP contribution >= 0.6 is 0 Å². The molecule has 0 radical (unpaired) electrons. The zero-order valence-electron chi connectivity index (χ0n) is 17.4. The average Bonchev–Trinajstić information content (AvgIpc) is 3.31. The lowest BCUT2D eigenvalue weighted by molar-refractivity contribution is 0.0628. The molecule has 0 N–H and O–H groups in total. The number of para-hydroxylation sites is 1. The van der Waals surface area contributed by atoms with Gasteiger partial charge in [0, 0.05) is 62.6 Å². The summed E-state index contributed by atoms with van der Waals surface area (Å²) in [5.41, 5.74) is 2.52. The van der Waals surface area contributed by atoms with Crippen LogP contribution in [0.4, 0.5) is 0 Å². The highest BCUT2D eigenvalue weighted by atomic mass is 16.2. The van der Waals surface area contributed by atoms with Crippen molar-refractivity contribution in [2.75, 3.05) is 32.7 Å². The summed E-state index contributed by atoms with van der Waals surface area (Å²) in [6.45, 7) is 5.01. The van der Waals surface area contributed by atoms with Crippen LogP contribution in [-0.2, 0) is 6.54 Å². The molecule has 0 atom stereocenters. The van der Waals surface area contributed by atoms with E-state index in [2.05, 4.69) is 31.6 Å². The third kappa shape index (κ3) is 4.20. The number of nitrogens with zero attached hydrogens (tertiary/aromatic N) is 5. The lowest BCUT2D eigenvalue weighted by atomic mass is 10.2. The third-order valence-electron chi connectivity index (χ3n) is 5.88. The van der Waals surface area contributed by atoms with E-state index < -0.39 is 0 Å². The summed E-state index contributed by atoms with van der Waals surface area (Å²) in [5, 5.41) is 1.05. The Bertz CT molecular complexity index is 1180. The zero-order valence-corrected chi connectivity index (χ0v) is 17.4. The number of imidazole rings is 1. The molecular weight excluding hydrogens is 386 g/mol. The van der Waals surface area contributed by atoms with E-state index in [1.165, 1.54) is 0 Å². The Labute approximate surface area is 181 Å². The van der Waals surface area contributed by atoms with Gasteiger partial charge in [0.25, 0.3) is 5.91 Å². The van der Waals surface area contributed by atoms with Gasteiger partial charge in [-0.1, -0.05) is 54.6 Å². The van der Waals surface area contributed by atoms with Crippen LogP contribution in [0.25, 0.3) is 22.3 Å². The normalized spacial score (nSPS) is 14.8. The van der Waals surface area contributed by atoms with E-state index >= 15 is 0 Å². The second-order valence-electron chi connectivity index (χ2n) is 7.83. The Morgan fingerprint density at radius 2 is 1.61 bits per heavy atom. The maximum atomic E-state index is 12.9. The average molecular weight is 412 g/mol. The molecule has 2 aromatic heterocycles. The number of amides is 1. The number of piperazine rings is 1. The van der Waals surface area contributed by atoms with Crippen molar-refractivity contribution in [3.05, 3.63) is 84.8 Å². The predicted octanol–water partition coefficient (Wildman–Crippen LogP) is 3.56. The summed E-state index contributed by atoms with van der Waals surface area (Å²) in [4.78, 5) is 26.3. The van der Waals surface area contributed by atoms with E-state index in [4.69, 9.17) is 0 Å². The van der Waals surface area contributed by atoms with Crippen molar-refractivity contribution >= 4 is 16.8 Å². The second-order valence-corrected chi connectivity index (χ2v) is 7.83. The molecule has 0 aliphatic carbocycles. The Balaban J connectivity index is 1.17. The summed E-state index contributed by atoms with van der Waals surface area (Å²) in [7, 11) is 0. The summed E-state index contributed by atoms with van der Waals surface area (Å²) in [6, 6.07) is 22.0. The number of hydrogen-bond acceptors (Lipinski definition) is 4. The van der Waals surface area contributed by atoms with Crippen molar-refractivity contribution in [3.63, 3.8) is 0 Å². The molecule has 4 aromatic rings.